The van der Waals surface area contributed by atoms with Gasteiger partial charge in [0.25, 0.3) is 12.2 Å². The van der Waals surface area contributed by atoms with Crippen molar-refractivity contribution in [3.8, 4) is 0 Å². The minimum Gasteiger partial charge on any atom is -0.258 e. The van der Waals surface area contributed by atoms with Crippen LogP contribution in [-0.4, -0.2) is 26.4 Å². The molecule has 23 heavy (non-hydrogen) atoms. The van der Waals surface area contributed by atoms with Crippen LogP contribution in [-0.2, 0) is 0 Å². The maximum absolute atomic E-state index is 11.9. The van der Waals surface area contributed by atoms with Crippen LogP contribution in [0.1, 0.15) is 12.8 Å². The van der Waals surface area contributed by atoms with Crippen molar-refractivity contribution < 1.29 is 22.5 Å². The van der Waals surface area contributed by atoms with Crippen molar-refractivity contribution in [3.05, 3.63) is 40.6 Å². The third-order valence-electron chi connectivity index (χ3n) is 2.21. The lowest BCUT2D eigenvalue weighted by molar-refractivity contribution is -0.388. The van der Waals surface area contributed by atoms with E-state index in [0.29, 0.717) is 6.08 Å². The van der Waals surface area contributed by atoms with Crippen molar-refractivity contribution in [3.63, 3.8) is 0 Å². The van der Waals surface area contributed by atoms with Gasteiger partial charge in [-0.1, -0.05) is 23.5 Å². The van der Waals surface area contributed by atoms with Crippen molar-refractivity contribution in [2.45, 2.75) is 23.0 Å². The van der Waals surface area contributed by atoms with Gasteiger partial charge in [0, 0.05) is 11.5 Å². The Balaban J connectivity index is 2.71. The van der Waals surface area contributed by atoms with Crippen molar-refractivity contribution in [1.82, 2.24) is 9.97 Å². The molecule has 0 fully saturated rings. The second-order valence-electron chi connectivity index (χ2n) is 3.86. The predicted octanol–water partition coefficient (Wildman–Crippen LogP) is 4.91. The molecule has 126 valence electrons. The normalized spacial score (nSPS) is 10.3. The summed E-state index contributed by atoms with van der Waals surface area (Å²) in [4.78, 5) is 18.0. The molecule has 1 aromatic rings. The largest absolute Gasteiger partial charge is 0.319 e. The lowest BCUT2D eigenvalue weighted by Crippen LogP contribution is -1.98. The van der Waals surface area contributed by atoms with Crippen LogP contribution in [0.5, 0.6) is 0 Å². The van der Waals surface area contributed by atoms with E-state index in [1.807, 2.05) is 0 Å². The SMILES string of the molecule is O=[N+]([O-])c1cnc(SCCC=C(F)F)nc1SCCC=C(F)F. The van der Waals surface area contributed by atoms with E-state index in [2.05, 4.69) is 9.97 Å². The summed E-state index contributed by atoms with van der Waals surface area (Å²) in [6.45, 7) is 0. The van der Waals surface area contributed by atoms with Gasteiger partial charge in [0.05, 0.1) is 4.92 Å². The van der Waals surface area contributed by atoms with E-state index in [-0.39, 0.29) is 40.2 Å². The highest BCUT2D eigenvalue weighted by Gasteiger charge is 2.17. The number of hydrogen-bond acceptors (Lipinski definition) is 6. The van der Waals surface area contributed by atoms with Gasteiger partial charge in [-0.2, -0.15) is 17.6 Å². The molecule has 0 aliphatic heterocycles. The quantitative estimate of drug-likeness (QED) is 0.117. The average Bonchev–Trinajstić information content (AvgIpc) is 2.47. The minimum atomic E-state index is -1.81. The highest BCUT2D eigenvalue weighted by molar-refractivity contribution is 7.99. The Bertz CT molecular complexity index is 606. The van der Waals surface area contributed by atoms with Crippen molar-refractivity contribution in [2.75, 3.05) is 11.5 Å². The maximum Gasteiger partial charge on any atom is 0.319 e. The molecule has 0 aliphatic carbocycles. The molecule has 0 bridgehead atoms. The van der Waals surface area contributed by atoms with Gasteiger partial charge in [0.1, 0.15) is 6.20 Å². The number of nitro groups is 1. The molecule has 5 nitrogen and oxygen atoms in total. The number of allylic oxidation sites excluding steroid dienone is 2. The second-order valence-corrected chi connectivity index (χ2v) is 6.01. The highest BCUT2D eigenvalue weighted by Crippen LogP contribution is 2.29. The van der Waals surface area contributed by atoms with Crippen LogP contribution in [0.4, 0.5) is 23.2 Å². The van der Waals surface area contributed by atoms with Gasteiger partial charge in [0.15, 0.2) is 10.2 Å². The molecule has 0 radical (unpaired) electrons. The second kappa shape index (κ2) is 10.2. The highest BCUT2D eigenvalue weighted by atomic mass is 32.2. The first-order valence-corrected chi connectivity index (χ1v) is 8.16. The third kappa shape index (κ3) is 7.98. The molecule has 0 saturated carbocycles. The monoisotopic (exact) mass is 369 g/mol. The Morgan fingerprint density at radius 3 is 2.22 bits per heavy atom. The van der Waals surface area contributed by atoms with Gasteiger partial charge in [-0.05, 0) is 25.0 Å². The smallest absolute Gasteiger partial charge is 0.258 e. The third-order valence-corrected chi connectivity index (χ3v) is 4.12. The van der Waals surface area contributed by atoms with E-state index in [1.54, 1.807) is 0 Å². The average molecular weight is 369 g/mol. The summed E-state index contributed by atoms with van der Waals surface area (Å²) < 4.78 is 47.6. The summed E-state index contributed by atoms with van der Waals surface area (Å²) in [5.41, 5.74) is -0.321. The van der Waals surface area contributed by atoms with Gasteiger partial charge in [0.2, 0.25) is 0 Å². The molecule has 11 heteroatoms. The van der Waals surface area contributed by atoms with Crippen molar-refractivity contribution >= 4 is 29.2 Å². The summed E-state index contributed by atoms with van der Waals surface area (Å²) in [5.74, 6) is 0.476. The van der Waals surface area contributed by atoms with Crippen LogP contribution in [0.15, 0.2) is 40.7 Å². The molecule has 0 spiro atoms. The topological polar surface area (TPSA) is 68.9 Å². The Labute approximate surface area is 137 Å². The number of halogens is 4. The van der Waals surface area contributed by atoms with Crippen LogP contribution in [0.2, 0.25) is 0 Å². The van der Waals surface area contributed by atoms with Gasteiger partial charge < -0.3 is 0 Å². The lowest BCUT2D eigenvalue weighted by Gasteiger charge is -2.03. The van der Waals surface area contributed by atoms with Crippen LogP contribution in [0.3, 0.4) is 0 Å². The van der Waals surface area contributed by atoms with E-state index in [9.17, 15) is 27.7 Å². The van der Waals surface area contributed by atoms with E-state index in [4.69, 9.17) is 0 Å². The van der Waals surface area contributed by atoms with Crippen LogP contribution >= 0.6 is 23.5 Å². The summed E-state index contributed by atoms with van der Waals surface area (Å²) in [6, 6.07) is 0. The molecule has 1 heterocycles. The zero-order chi connectivity index (χ0) is 17.2. The first-order valence-electron chi connectivity index (χ1n) is 6.19. The van der Waals surface area contributed by atoms with E-state index < -0.39 is 17.1 Å². The van der Waals surface area contributed by atoms with E-state index in [0.717, 1.165) is 35.8 Å². The van der Waals surface area contributed by atoms with Crippen molar-refractivity contribution in [2.24, 2.45) is 0 Å². The van der Waals surface area contributed by atoms with E-state index in [1.165, 1.54) is 0 Å². The molecule has 1 rings (SSSR count). The summed E-state index contributed by atoms with van der Waals surface area (Å²) in [5, 5.41) is 11.2. The molecule has 0 aliphatic rings. The van der Waals surface area contributed by atoms with Gasteiger partial charge in [-0.3, -0.25) is 10.1 Å². The zero-order valence-electron chi connectivity index (χ0n) is 11.5. The van der Waals surface area contributed by atoms with Crippen LogP contribution in [0, 0.1) is 10.1 Å². The maximum atomic E-state index is 11.9. The number of aromatic nitrogens is 2. The zero-order valence-corrected chi connectivity index (χ0v) is 13.2. The molecular weight excluding hydrogens is 358 g/mol. The van der Waals surface area contributed by atoms with Gasteiger partial charge >= 0.3 is 5.69 Å². The molecule has 0 atom stereocenters. The standard InChI is InChI=1S/C12H11F4N3O2S2/c13-9(14)3-1-5-22-11-8(19(20)21)7-17-12(18-11)23-6-2-4-10(15)16/h3-4,7H,1-2,5-6H2. The Kier molecular flexibility index (Phi) is 8.62. The van der Waals surface area contributed by atoms with E-state index >= 15 is 0 Å². The fourth-order valence-corrected chi connectivity index (χ4v) is 2.90. The molecule has 0 amide bonds. The van der Waals surface area contributed by atoms with Crippen molar-refractivity contribution in [1.29, 1.82) is 0 Å². The van der Waals surface area contributed by atoms with Gasteiger partial charge in [-0.25, -0.2) is 9.97 Å². The summed E-state index contributed by atoms with van der Waals surface area (Å²) in [6.07, 6.45) is -0.950. The Morgan fingerprint density at radius 2 is 1.70 bits per heavy atom. The molecule has 0 saturated heterocycles. The minimum absolute atomic E-state index is 0.0389. The fraction of sp³-hybridized carbons (Fsp3) is 0.333. The Hall–Kier alpha value is -1.62. The number of thioether (sulfide) groups is 2. The number of hydrogen-bond donors (Lipinski definition) is 0. The summed E-state index contributed by atoms with van der Waals surface area (Å²) in [7, 11) is 0. The first kappa shape index (κ1) is 19.4. The summed E-state index contributed by atoms with van der Waals surface area (Å²) >= 11 is 2.03. The fourth-order valence-electron chi connectivity index (χ4n) is 1.29. The first-order chi connectivity index (χ1) is 10.9. The lowest BCUT2D eigenvalue weighted by atomic mass is 10.5. The molecule has 0 N–H and O–H groups in total. The number of rotatable bonds is 9. The molecular formula is C12H11F4N3O2S2. The molecule has 0 aromatic carbocycles. The molecule has 0 unspecified atom stereocenters. The van der Waals surface area contributed by atoms with Crippen LogP contribution in [0.25, 0.3) is 0 Å². The van der Waals surface area contributed by atoms with Gasteiger partial charge in [-0.15, -0.1) is 0 Å². The van der Waals surface area contributed by atoms with Crippen LogP contribution < -0.4 is 0 Å². The predicted molar refractivity (Wildman–Crippen MR) is 80.0 cm³/mol. The molecule has 1 aromatic heterocycles. The Morgan fingerprint density at radius 1 is 1.13 bits per heavy atom. The number of nitrogens with zero attached hydrogens (tertiary/aromatic N) is 3.